The van der Waals surface area contributed by atoms with Crippen molar-refractivity contribution in [1.82, 2.24) is 20.6 Å². The Labute approximate surface area is 122 Å². The topological polar surface area (TPSA) is 86.9 Å². The zero-order valence-electron chi connectivity index (χ0n) is 12.0. The van der Waals surface area contributed by atoms with Gasteiger partial charge in [-0.2, -0.15) is 0 Å². The molecule has 1 unspecified atom stereocenters. The van der Waals surface area contributed by atoms with Crippen LogP contribution in [0.25, 0.3) is 11.4 Å². The van der Waals surface area contributed by atoms with Crippen molar-refractivity contribution in [3.05, 3.63) is 52.4 Å². The van der Waals surface area contributed by atoms with E-state index >= 15 is 0 Å². The van der Waals surface area contributed by atoms with E-state index in [2.05, 4.69) is 20.6 Å². The van der Waals surface area contributed by atoms with Gasteiger partial charge in [-0.25, -0.2) is 0 Å². The van der Waals surface area contributed by atoms with Crippen molar-refractivity contribution in [3.8, 4) is 11.4 Å². The first-order valence-electron chi connectivity index (χ1n) is 6.72. The third-order valence-electron chi connectivity index (χ3n) is 3.16. The number of amides is 1. The Balaban J connectivity index is 2.16. The molecule has 110 valence electrons. The van der Waals surface area contributed by atoms with Gasteiger partial charge in [-0.15, -0.1) is 0 Å². The Morgan fingerprint density at radius 2 is 2.14 bits per heavy atom. The van der Waals surface area contributed by atoms with Gasteiger partial charge in [0.1, 0.15) is 5.56 Å². The SMILES string of the molecule is CNC(C)CNC(=O)c1ccc(-c2ccccn2)[nH]c1=O. The highest BCUT2D eigenvalue weighted by Crippen LogP contribution is 2.11. The van der Waals surface area contributed by atoms with Crippen LogP contribution in [-0.4, -0.2) is 35.5 Å². The maximum Gasteiger partial charge on any atom is 0.261 e. The summed E-state index contributed by atoms with van der Waals surface area (Å²) in [4.78, 5) is 30.8. The van der Waals surface area contributed by atoms with Crippen LogP contribution in [0.4, 0.5) is 0 Å². The lowest BCUT2D eigenvalue weighted by atomic mass is 10.2. The molecule has 0 spiro atoms. The van der Waals surface area contributed by atoms with Crippen molar-refractivity contribution in [3.63, 3.8) is 0 Å². The summed E-state index contributed by atoms with van der Waals surface area (Å²) in [6.07, 6.45) is 1.65. The zero-order valence-corrected chi connectivity index (χ0v) is 12.0. The molecule has 2 aromatic heterocycles. The summed E-state index contributed by atoms with van der Waals surface area (Å²) in [5.41, 5.74) is 0.914. The highest BCUT2D eigenvalue weighted by Gasteiger charge is 2.12. The van der Waals surface area contributed by atoms with Crippen LogP contribution in [0.2, 0.25) is 0 Å². The van der Waals surface area contributed by atoms with Crippen molar-refractivity contribution in [2.75, 3.05) is 13.6 Å². The normalized spacial score (nSPS) is 11.9. The Morgan fingerprint density at radius 3 is 2.76 bits per heavy atom. The lowest BCUT2D eigenvalue weighted by molar-refractivity contribution is 0.0949. The van der Waals surface area contributed by atoms with Crippen LogP contribution in [0.15, 0.2) is 41.3 Å². The quantitative estimate of drug-likeness (QED) is 0.758. The summed E-state index contributed by atoms with van der Waals surface area (Å²) >= 11 is 0. The van der Waals surface area contributed by atoms with Crippen LogP contribution in [0.3, 0.4) is 0 Å². The maximum atomic E-state index is 12.0. The predicted octanol–water partition coefficient (Wildman–Crippen LogP) is 0.775. The molecule has 0 aliphatic heterocycles. The van der Waals surface area contributed by atoms with E-state index in [4.69, 9.17) is 0 Å². The van der Waals surface area contributed by atoms with Crippen molar-refractivity contribution in [2.24, 2.45) is 0 Å². The number of aromatic nitrogens is 2. The second-order valence-electron chi connectivity index (χ2n) is 4.73. The number of pyridine rings is 2. The van der Waals surface area contributed by atoms with E-state index in [1.54, 1.807) is 24.4 Å². The van der Waals surface area contributed by atoms with Gasteiger partial charge >= 0.3 is 0 Å². The second kappa shape index (κ2) is 6.81. The van der Waals surface area contributed by atoms with Crippen LogP contribution in [-0.2, 0) is 0 Å². The van der Waals surface area contributed by atoms with E-state index in [0.29, 0.717) is 17.9 Å². The molecule has 0 fully saturated rings. The molecule has 6 nitrogen and oxygen atoms in total. The minimum absolute atomic E-state index is 0.0954. The van der Waals surface area contributed by atoms with Gasteiger partial charge in [-0.3, -0.25) is 14.6 Å². The van der Waals surface area contributed by atoms with Gasteiger partial charge in [0.2, 0.25) is 0 Å². The highest BCUT2D eigenvalue weighted by molar-refractivity contribution is 5.94. The van der Waals surface area contributed by atoms with Crippen molar-refractivity contribution >= 4 is 5.91 Å². The monoisotopic (exact) mass is 286 g/mol. The predicted molar refractivity (Wildman–Crippen MR) is 81.1 cm³/mol. The number of carbonyl (C=O) groups is 1. The summed E-state index contributed by atoms with van der Waals surface area (Å²) in [5.74, 6) is -0.383. The number of likely N-dealkylation sites (N-methyl/N-ethyl adjacent to an activating group) is 1. The van der Waals surface area contributed by atoms with Crippen LogP contribution < -0.4 is 16.2 Å². The Bertz CT molecular complexity index is 667. The first-order valence-corrected chi connectivity index (χ1v) is 6.72. The summed E-state index contributed by atoms with van der Waals surface area (Å²) in [5, 5.41) is 5.72. The third kappa shape index (κ3) is 3.76. The van der Waals surface area contributed by atoms with Crippen LogP contribution in [0.1, 0.15) is 17.3 Å². The molecule has 0 saturated heterocycles. The van der Waals surface area contributed by atoms with Crippen LogP contribution in [0, 0.1) is 0 Å². The fourth-order valence-corrected chi connectivity index (χ4v) is 1.77. The molecule has 0 aliphatic carbocycles. The van der Waals surface area contributed by atoms with Gasteiger partial charge in [0.15, 0.2) is 0 Å². The van der Waals surface area contributed by atoms with Gasteiger partial charge in [-0.1, -0.05) is 6.07 Å². The van der Waals surface area contributed by atoms with E-state index in [-0.39, 0.29) is 17.5 Å². The lowest BCUT2D eigenvalue weighted by Crippen LogP contribution is -2.38. The molecular formula is C15H18N4O2. The molecular weight excluding hydrogens is 268 g/mol. The number of hydrogen-bond acceptors (Lipinski definition) is 4. The smallest absolute Gasteiger partial charge is 0.261 e. The van der Waals surface area contributed by atoms with Gasteiger partial charge in [-0.05, 0) is 38.2 Å². The molecule has 0 aromatic carbocycles. The van der Waals surface area contributed by atoms with Crippen LogP contribution in [0.5, 0.6) is 0 Å². The minimum atomic E-state index is -0.423. The standard InChI is InChI=1S/C15H18N4O2/c1-10(16-2)9-18-14(20)11-6-7-13(19-15(11)21)12-5-3-4-8-17-12/h3-8,10,16H,9H2,1-2H3,(H,18,20)(H,19,21). The minimum Gasteiger partial charge on any atom is -0.350 e. The number of nitrogens with zero attached hydrogens (tertiary/aromatic N) is 1. The number of aromatic amines is 1. The van der Waals surface area contributed by atoms with Crippen molar-refractivity contribution in [1.29, 1.82) is 0 Å². The molecule has 1 amide bonds. The number of nitrogens with one attached hydrogen (secondary N) is 3. The van der Waals surface area contributed by atoms with Gasteiger partial charge < -0.3 is 15.6 Å². The fourth-order valence-electron chi connectivity index (χ4n) is 1.77. The summed E-state index contributed by atoms with van der Waals surface area (Å²) < 4.78 is 0. The average Bonchev–Trinajstić information content (AvgIpc) is 2.53. The Hall–Kier alpha value is -2.47. The van der Waals surface area contributed by atoms with Gasteiger partial charge in [0.25, 0.3) is 11.5 Å². The Kier molecular flexibility index (Phi) is 4.84. The number of hydrogen-bond donors (Lipinski definition) is 3. The second-order valence-corrected chi connectivity index (χ2v) is 4.73. The first kappa shape index (κ1) is 14.9. The molecule has 1 atom stereocenters. The summed E-state index contributed by atoms with van der Waals surface area (Å²) in [6.45, 7) is 2.39. The molecule has 2 rings (SSSR count). The number of rotatable bonds is 5. The molecule has 2 heterocycles. The molecule has 0 saturated carbocycles. The van der Waals surface area contributed by atoms with Crippen LogP contribution >= 0.6 is 0 Å². The molecule has 3 N–H and O–H groups in total. The molecule has 21 heavy (non-hydrogen) atoms. The molecule has 0 bridgehead atoms. The highest BCUT2D eigenvalue weighted by atomic mass is 16.2. The van der Waals surface area contributed by atoms with E-state index < -0.39 is 5.56 Å². The maximum absolute atomic E-state index is 12.0. The number of carbonyl (C=O) groups excluding carboxylic acids is 1. The molecule has 0 aliphatic rings. The van der Waals surface area contributed by atoms with Gasteiger partial charge in [0, 0.05) is 18.8 Å². The fraction of sp³-hybridized carbons (Fsp3) is 0.267. The summed E-state index contributed by atoms with van der Waals surface area (Å²) in [7, 11) is 1.81. The van der Waals surface area contributed by atoms with Crippen molar-refractivity contribution < 1.29 is 4.79 Å². The van der Waals surface area contributed by atoms with E-state index in [9.17, 15) is 9.59 Å². The largest absolute Gasteiger partial charge is 0.350 e. The summed E-state index contributed by atoms with van der Waals surface area (Å²) in [6, 6.07) is 8.76. The van der Waals surface area contributed by atoms with Gasteiger partial charge in [0.05, 0.1) is 11.4 Å². The molecule has 2 aromatic rings. The molecule has 6 heteroatoms. The third-order valence-corrected chi connectivity index (χ3v) is 3.16. The van der Waals surface area contributed by atoms with E-state index in [1.807, 2.05) is 20.0 Å². The van der Waals surface area contributed by atoms with Crippen molar-refractivity contribution in [2.45, 2.75) is 13.0 Å². The zero-order chi connectivity index (χ0) is 15.2. The van der Waals surface area contributed by atoms with E-state index in [1.165, 1.54) is 6.07 Å². The first-order chi connectivity index (χ1) is 10.1. The lowest BCUT2D eigenvalue weighted by Gasteiger charge is -2.11. The van der Waals surface area contributed by atoms with E-state index in [0.717, 1.165) is 0 Å². The Morgan fingerprint density at radius 1 is 1.33 bits per heavy atom. The average molecular weight is 286 g/mol. The molecule has 0 radical (unpaired) electrons. The number of H-pyrrole nitrogens is 1.